The highest BCUT2D eigenvalue weighted by Crippen LogP contribution is 2.49. The Bertz CT molecular complexity index is 1460. The molecule has 1 aliphatic carbocycles. The minimum absolute atomic E-state index is 0.339. The van der Waals surface area contributed by atoms with Crippen LogP contribution in [0.15, 0.2) is 48.7 Å². The van der Waals surface area contributed by atoms with Gasteiger partial charge >= 0.3 is 12.1 Å². The normalized spacial score (nSPS) is 17.9. The Labute approximate surface area is 204 Å². The van der Waals surface area contributed by atoms with Crippen LogP contribution in [0, 0.1) is 0 Å². The van der Waals surface area contributed by atoms with Crippen molar-refractivity contribution in [2.75, 3.05) is 14.2 Å². The van der Waals surface area contributed by atoms with E-state index in [1.807, 2.05) is 51.1 Å². The lowest BCUT2D eigenvalue weighted by Crippen LogP contribution is -2.41. The number of carbonyl (C=O) groups excluding carboxylic acids is 2. The number of esters is 1. The summed E-state index contributed by atoms with van der Waals surface area (Å²) in [6.07, 6.45) is 3.48. The molecule has 0 unspecified atom stereocenters. The van der Waals surface area contributed by atoms with Crippen LogP contribution in [0.3, 0.4) is 0 Å². The number of nitrogens with one attached hydrogen (secondary N) is 1. The van der Waals surface area contributed by atoms with E-state index in [4.69, 9.17) is 14.2 Å². The van der Waals surface area contributed by atoms with Gasteiger partial charge in [0.05, 0.1) is 19.7 Å². The average molecular weight is 475 g/mol. The molecule has 0 bridgehead atoms. The van der Waals surface area contributed by atoms with Crippen molar-refractivity contribution < 1.29 is 23.8 Å². The van der Waals surface area contributed by atoms with Gasteiger partial charge in [-0.25, -0.2) is 4.79 Å². The number of nitrogens with zero attached hydrogens (tertiary/aromatic N) is 1. The molecule has 0 amide bonds. The summed E-state index contributed by atoms with van der Waals surface area (Å²) in [5, 5.41) is 1.92. The summed E-state index contributed by atoms with van der Waals surface area (Å²) in [4.78, 5) is 30.0. The second-order valence-corrected chi connectivity index (χ2v) is 10.1. The maximum atomic E-state index is 13.6. The molecule has 2 aromatic carbocycles. The van der Waals surface area contributed by atoms with Gasteiger partial charge in [0, 0.05) is 39.8 Å². The first kappa shape index (κ1) is 23.0. The van der Waals surface area contributed by atoms with Gasteiger partial charge in [-0.3, -0.25) is 9.36 Å². The molecule has 1 aliphatic rings. The van der Waals surface area contributed by atoms with Gasteiger partial charge in [0.1, 0.15) is 16.8 Å². The second kappa shape index (κ2) is 8.18. The van der Waals surface area contributed by atoms with Crippen LogP contribution in [0.25, 0.3) is 21.8 Å². The number of ether oxygens (including phenoxy) is 3. The van der Waals surface area contributed by atoms with Gasteiger partial charge in [-0.15, -0.1) is 0 Å². The number of hydrogen-bond donors (Lipinski definition) is 1. The van der Waals surface area contributed by atoms with Crippen LogP contribution in [0.1, 0.15) is 50.4 Å². The lowest BCUT2D eigenvalue weighted by molar-refractivity contribution is -0.146. The first-order chi connectivity index (χ1) is 16.7. The zero-order valence-electron chi connectivity index (χ0n) is 20.7. The predicted molar refractivity (Wildman–Crippen MR) is 134 cm³/mol. The average Bonchev–Trinajstić information content (AvgIpc) is 3.42. The Kier molecular flexibility index (Phi) is 5.38. The van der Waals surface area contributed by atoms with Gasteiger partial charge in [0.2, 0.25) is 0 Å². The number of H-pyrrole nitrogens is 1. The number of aryl methyl sites for hydroxylation is 1. The fourth-order valence-corrected chi connectivity index (χ4v) is 5.37. The molecule has 2 heterocycles. The van der Waals surface area contributed by atoms with Crippen molar-refractivity contribution in [2.45, 2.75) is 51.0 Å². The van der Waals surface area contributed by atoms with Gasteiger partial charge in [-0.05, 0) is 63.8 Å². The van der Waals surface area contributed by atoms with E-state index < -0.39 is 17.1 Å². The fourth-order valence-electron chi connectivity index (χ4n) is 5.37. The van der Waals surface area contributed by atoms with Crippen LogP contribution < -0.4 is 4.74 Å². The van der Waals surface area contributed by atoms with E-state index in [0.29, 0.717) is 23.3 Å². The van der Waals surface area contributed by atoms with Crippen molar-refractivity contribution in [1.29, 1.82) is 0 Å². The van der Waals surface area contributed by atoms with E-state index >= 15 is 0 Å². The summed E-state index contributed by atoms with van der Waals surface area (Å²) in [6.45, 7) is 5.49. The highest BCUT2D eigenvalue weighted by molar-refractivity contribution is 5.97. The van der Waals surface area contributed by atoms with Crippen molar-refractivity contribution in [1.82, 2.24) is 9.55 Å². The molecule has 7 nitrogen and oxygen atoms in total. The van der Waals surface area contributed by atoms with Gasteiger partial charge in [0.15, 0.2) is 0 Å². The molecule has 182 valence electrons. The van der Waals surface area contributed by atoms with E-state index in [1.165, 1.54) is 11.7 Å². The Balaban J connectivity index is 1.75. The first-order valence-corrected chi connectivity index (χ1v) is 11.8. The van der Waals surface area contributed by atoms with Crippen LogP contribution >= 0.6 is 0 Å². The fraction of sp³-hybridized carbons (Fsp3) is 0.357. The van der Waals surface area contributed by atoms with E-state index in [-0.39, 0.29) is 5.97 Å². The summed E-state index contributed by atoms with van der Waals surface area (Å²) >= 11 is 0. The molecule has 0 radical (unpaired) electrons. The van der Waals surface area contributed by atoms with Crippen LogP contribution in [0.2, 0.25) is 0 Å². The summed E-state index contributed by atoms with van der Waals surface area (Å²) in [7, 11) is 3.00. The Morgan fingerprint density at radius 2 is 1.86 bits per heavy atom. The minimum Gasteiger partial charge on any atom is -0.496 e. The van der Waals surface area contributed by atoms with Crippen molar-refractivity contribution >= 4 is 33.9 Å². The van der Waals surface area contributed by atoms with E-state index in [1.54, 1.807) is 19.4 Å². The largest absolute Gasteiger partial charge is 0.496 e. The van der Waals surface area contributed by atoms with Gasteiger partial charge < -0.3 is 19.2 Å². The number of carbonyl (C=O) groups is 2. The number of methoxy groups -OCH3 is 2. The van der Waals surface area contributed by atoms with Gasteiger partial charge in [-0.1, -0.05) is 18.2 Å². The maximum Gasteiger partial charge on any atom is 0.418 e. The Morgan fingerprint density at radius 3 is 2.57 bits per heavy atom. The third-order valence-electron chi connectivity index (χ3n) is 6.81. The molecule has 0 aliphatic heterocycles. The number of hydrogen-bond acceptors (Lipinski definition) is 5. The number of aromatic amines is 1. The molecular formula is C28H30N2O5. The van der Waals surface area contributed by atoms with Gasteiger partial charge in [-0.2, -0.15) is 0 Å². The molecular weight excluding hydrogens is 444 g/mol. The number of para-hydroxylation sites is 1. The maximum absolute atomic E-state index is 13.6. The van der Waals surface area contributed by atoms with Crippen LogP contribution in [0.4, 0.5) is 4.79 Å². The Hall–Kier alpha value is -3.74. The summed E-state index contributed by atoms with van der Waals surface area (Å²) in [5.41, 5.74) is 2.65. The molecule has 7 heteroatoms. The highest BCUT2D eigenvalue weighted by atomic mass is 16.6. The molecule has 0 spiro atoms. The molecule has 5 rings (SSSR count). The minimum atomic E-state index is -1.06. The number of fused-ring (bicyclic) bond motifs is 4. The van der Waals surface area contributed by atoms with Crippen molar-refractivity contribution in [3.05, 3.63) is 65.5 Å². The second-order valence-electron chi connectivity index (χ2n) is 10.1. The monoisotopic (exact) mass is 474 g/mol. The summed E-state index contributed by atoms with van der Waals surface area (Å²) < 4.78 is 18.3. The third-order valence-corrected chi connectivity index (χ3v) is 6.81. The van der Waals surface area contributed by atoms with E-state index in [0.717, 1.165) is 40.4 Å². The molecule has 0 fully saturated rings. The number of aromatic nitrogens is 2. The van der Waals surface area contributed by atoms with Crippen LogP contribution in [-0.4, -0.2) is 41.4 Å². The molecule has 2 aromatic heterocycles. The standard InChI is InChI=1S/C28H30N2O5/c1-27(2,3)35-26(32)30-14-12-17-15-20(23(33-4)16-22(17)30)28(25(31)34-5)13-8-10-19-18-9-6-7-11-21(18)29-24(19)28/h6-7,9,11-12,14-16,29H,8,10,13H2,1-5H3/t28-/m0/s1. The van der Waals surface area contributed by atoms with Crippen LogP contribution in [-0.2, 0) is 26.1 Å². The Morgan fingerprint density at radius 1 is 1.09 bits per heavy atom. The van der Waals surface area contributed by atoms with Crippen molar-refractivity contribution in [2.24, 2.45) is 0 Å². The summed E-state index contributed by atoms with van der Waals surface area (Å²) in [5.74, 6) is 0.173. The smallest absolute Gasteiger partial charge is 0.418 e. The molecule has 4 aromatic rings. The van der Waals surface area contributed by atoms with E-state index in [9.17, 15) is 9.59 Å². The van der Waals surface area contributed by atoms with Crippen LogP contribution in [0.5, 0.6) is 5.75 Å². The summed E-state index contributed by atoms with van der Waals surface area (Å²) in [6, 6.07) is 13.7. The number of benzene rings is 2. The third kappa shape index (κ3) is 3.57. The van der Waals surface area contributed by atoms with Crippen molar-refractivity contribution in [3.63, 3.8) is 0 Å². The zero-order chi connectivity index (χ0) is 25.0. The van der Waals surface area contributed by atoms with Crippen molar-refractivity contribution in [3.8, 4) is 5.75 Å². The zero-order valence-corrected chi connectivity index (χ0v) is 20.7. The topological polar surface area (TPSA) is 82.6 Å². The quantitative estimate of drug-likeness (QED) is 0.385. The first-order valence-electron chi connectivity index (χ1n) is 11.8. The lowest BCUT2D eigenvalue weighted by Gasteiger charge is -2.36. The predicted octanol–water partition coefficient (Wildman–Crippen LogP) is 5.71. The molecule has 0 saturated carbocycles. The van der Waals surface area contributed by atoms with E-state index in [2.05, 4.69) is 11.1 Å². The molecule has 1 N–H and O–H groups in total. The lowest BCUT2D eigenvalue weighted by atomic mass is 9.68. The highest BCUT2D eigenvalue weighted by Gasteiger charge is 2.49. The molecule has 0 saturated heterocycles. The SMILES string of the molecule is COC(=O)[C@]1(c2cc3ccn(C(=O)OC(C)(C)C)c3cc2OC)CCCc2c1[nH]c1ccccc21. The molecule has 1 atom stereocenters. The van der Waals surface area contributed by atoms with Gasteiger partial charge in [0.25, 0.3) is 0 Å². The number of rotatable bonds is 3. The molecule has 35 heavy (non-hydrogen) atoms.